The van der Waals surface area contributed by atoms with Gasteiger partial charge < -0.3 is 5.73 Å². The number of rotatable bonds is 6. The van der Waals surface area contributed by atoms with Crippen molar-refractivity contribution in [3.8, 4) is 0 Å². The highest BCUT2D eigenvalue weighted by Gasteiger charge is 2.27. The topological polar surface area (TPSA) is 119 Å². The first-order valence-electron chi connectivity index (χ1n) is 9.88. The Kier molecular flexibility index (Phi) is 5.15. The number of nitrogens with two attached hydrogens (primary N) is 1. The lowest BCUT2D eigenvalue weighted by molar-refractivity contribution is -0.525. The van der Waals surface area contributed by atoms with Crippen molar-refractivity contribution in [1.82, 2.24) is 24.1 Å². The summed E-state index contributed by atoms with van der Waals surface area (Å²) in [6.45, 7) is 6.32. The maximum Gasteiger partial charge on any atom is 0.364 e. The molecule has 0 saturated heterocycles. The molecule has 0 aliphatic heterocycles. The molecule has 0 aliphatic carbocycles. The Hall–Kier alpha value is -3.79. The van der Waals surface area contributed by atoms with E-state index in [1.165, 1.54) is 9.13 Å². The summed E-state index contributed by atoms with van der Waals surface area (Å²) in [5.41, 5.74) is 6.91. The number of anilines is 1. The number of hydrogen-bond acceptors (Lipinski definition) is 6. The van der Waals surface area contributed by atoms with Crippen LogP contribution in [0, 0.1) is 0 Å². The number of hydrogen-bond donors (Lipinski definition) is 2. The van der Waals surface area contributed by atoms with Crippen LogP contribution in [0.3, 0.4) is 0 Å². The average Bonchev–Trinajstić information content (AvgIpc) is 3.15. The number of nitrogens with zero attached hydrogens (tertiary/aromatic N) is 6. The number of aryl methyl sites for hydroxylation is 1. The van der Waals surface area contributed by atoms with Gasteiger partial charge in [-0.3, -0.25) is 18.8 Å². The van der Waals surface area contributed by atoms with Crippen molar-refractivity contribution < 1.29 is 4.57 Å². The fraction of sp³-hybridized carbons (Fsp3) is 0.286. The van der Waals surface area contributed by atoms with Crippen molar-refractivity contribution in [3.63, 3.8) is 0 Å². The van der Waals surface area contributed by atoms with E-state index in [0.717, 1.165) is 5.39 Å². The summed E-state index contributed by atoms with van der Waals surface area (Å²) in [7, 11) is 3.48. The second-order valence-electron chi connectivity index (χ2n) is 7.64. The smallest absolute Gasteiger partial charge is 0.325 e. The molecule has 160 valence electrons. The second kappa shape index (κ2) is 7.80. The van der Waals surface area contributed by atoms with Crippen molar-refractivity contribution in [3.05, 3.63) is 63.6 Å². The van der Waals surface area contributed by atoms with Gasteiger partial charge in [-0.05, 0) is 31.2 Å². The predicted molar refractivity (Wildman–Crippen MR) is 120 cm³/mol. The lowest BCUT2D eigenvalue weighted by Gasteiger charge is -2.13. The quantitative estimate of drug-likeness (QED) is 0.429. The molecule has 4 heterocycles. The summed E-state index contributed by atoms with van der Waals surface area (Å²) in [5.74, 6) is 0.611. The van der Waals surface area contributed by atoms with Crippen molar-refractivity contribution in [2.75, 3.05) is 18.5 Å². The van der Waals surface area contributed by atoms with Crippen molar-refractivity contribution in [2.45, 2.75) is 19.5 Å². The van der Waals surface area contributed by atoms with Gasteiger partial charge in [0.25, 0.3) is 5.56 Å². The molecule has 0 saturated carbocycles. The van der Waals surface area contributed by atoms with Gasteiger partial charge in [0.1, 0.15) is 0 Å². The van der Waals surface area contributed by atoms with Gasteiger partial charge in [0, 0.05) is 24.7 Å². The van der Waals surface area contributed by atoms with E-state index >= 15 is 0 Å². The molecule has 10 nitrogen and oxygen atoms in total. The summed E-state index contributed by atoms with van der Waals surface area (Å²) < 4.78 is 4.23. The molecular weight excluding hydrogens is 396 g/mol. The number of nitrogens with one attached hydrogen (secondary N) is 1. The van der Waals surface area contributed by atoms with Crippen LogP contribution in [0.5, 0.6) is 0 Å². The third-order valence-corrected chi connectivity index (χ3v) is 5.17. The highest BCUT2D eigenvalue weighted by atomic mass is 16.2. The molecule has 4 aromatic rings. The second-order valence-corrected chi connectivity index (χ2v) is 7.64. The van der Waals surface area contributed by atoms with Crippen LogP contribution in [-0.2, 0) is 13.6 Å². The van der Waals surface area contributed by atoms with E-state index in [-0.39, 0.29) is 12.6 Å². The summed E-state index contributed by atoms with van der Waals surface area (Å²) in [5, 5.41) is 0.888. The van der Waals surface area contributed by atoms with Gasteiger partial charge >= 0.3 is 11.6 Å². The van der Waals surface area contributed by atoms with Gasteiger partial charge in [-0.25, -0.2) is 19.7 Å². The first kappa shape index (κ1) is 20.5. The molecule has 0 bridgehead atoms. The molecule has 31 heavy (non-hydrogen) atoms. The summed E-state index contributed by atoms with van der Waals surface area (Å²) in [6, 6.07) is 7.32. The SMILES string of the molecule is C=C[n+]1c(N(C)CC(C)N)[nH]c2c1c(=O)n(Cc1ccc3cccnc3n1)c(=O)n2C. The standard InChI is InChI=1S/C21H24N8O2/c1-5-28-16-18(25-20(28)26(3)11-13(2)22)27(4)21(31)29(19(16)30)12-15-9-8-14-7-6-10-23-17(14)24-15/h5-10,13H,1,11-12,22H2,2-4H3/p+1. The van der Waals surface area contributed by atoms with Crippen molar-refractivity contribution >= 4 is 34.3 Å². The maximum absolute atomic E-state index is 13.4. The molecular formula is C21H25N8O2+. The zero-order chi connectivity index (χ0) is 22.3. The summed E-state index contributed by atoms with van der Waals surface area (Å²) >= 11 is 0. The van der Waals surface area contributed by atoms with Gasteiger partial charge in [0.15, 0.2) is 5.65 Å². The maximum atomic E-state index is 13.4. The molecule has 0 fully saturated rings. The van der Waals surface area contributed by atoms with Crippen LogP contribution in [0.1, 0.15) is 12.6 Å². The molecule has 0 radical (unpaired) electrons. The number of imidazole rings is 1. The highest BCUT2D eigenvalue weighted by molar-refractivity contribution is 5.74. The number of fused-ring (bicyclic) bond motifs is 2. The first-order chi connectivity index (χ1) is 14.8. The Labute approximate surface area is 177 Å². The number of likely N-dealkylation sites (N-methyl/N-ethyl adjacent to an activating group) is 1. The van der Waals surface area contributed by atoms with Crippen LogP contribution in [0.15, 0.2) is 46.6 Å². The van der Waals surface area contributed by atoms with E-state index in [1.807, 2.05) is 37.1 Å². The zero-order valence-electron chi connectivity index (χ0n) is 17.7. The number of aromatic amines is 1. The molecule has 0 amide bonds. The molecule has 3 N–H and O–H groups in total. The van der Waals surface area contributed by atoms with Crippen LogP contribution in [0.2, 0.25) is 0 Å². The molecule has 1 atom stereocenters. The normalized spacial score (nSPS) is 12.4. The fourth-order valence-corrected chi connectivity index (χ4v) is 3.74. The van der Waals surface area contributed by atoms with Gasteiger partial charge in [0.05, 0.1) is 32.0 Å². The molecule has 0 aromatic carbocycles. The minimum absolute atomic E-state index is 0.0291. The Morgan fingerprint density at radius 3 is 2.84 bits per heavy atom. The summed E-state index contributed by atoms with van der Waals surface area (Å²) in [4.78, 5) is 40.2. The minimum Gasteiger partial charge on any atom is -0.325 e. The van der Waals surface area contributed by atoms with E-state index in [0.29, 0.717) is 35.0 Å². The van der Waals surface area contributed by atoms with Crippen molar-refractivity contribution in [1.29, 1.82) is 0 Å². The van der Waals surface area contributed by atoms with Crippen LogP contribution in [0.25, 0.3) is 28.4 Å². The average molecular weight is 421 g/mol. The largest absolute Gasteiger partial charge is 0.364 e. The van der Waals surface area contributed by atoms with E-state index in [9.17, 15) is 9.59 Å². The van der Waals surface area contributed by atoms with Crippen LogP contribution < -0.4 is 26.4 Å². The van der Waals surface area contributed by atoms with E-state index in [2.05, 4.69) is 21.5 Å². The molecule has 0 spiro atoms. The monoisotopic (exact) mass is 421 g/mol. The number of pyridine rings is 2. The van der Waals surface area contributed by atoms with E-state index < -0.39 is 11.2 Å². The first-order valence-corrected chi connectivity index (χ1v) is 9.88. The van der Waals surface area contributed by atoms with Crippen LogP contribution >= 0.6 is 0 Å². The molecule has 10 heteroatoms. The number of H-pyrrole nitrogens is 1. The van der Waals surface area contributed by atoms with Crippen LogP contribution in [0.4, 0.5) is 5.95 Å². The molecule has 4 aromatic heterocycles. The zero-order valence-corrected chi connectivity index (χ0v) is 17.7. The van der Waals surface area contributed by atoms with E-state index in [4.69, 9.17) is 5.73 Å². The minimum atomic E-state index is -0.445. The van der Waals surface area contributed by atoms with Gasteiger partial charge in [-0.15, -0.1) is 0 Å². The van der Waals surface area contributed by atoms with Gasteiger partial charge in [-0.2, -0.15) is 4.57 Å². The fourth-order valence-electron chi connectivity index (χ4n) is 3.74. The molecule has 4 rings (SSSR count). The molecule has 1 unspecified atom stereocenters. The lowest BCUT2D eigenvalue weighted by Crippen LogP contribution is -2.45. The third kappa shape index (κ3) is 3.50. The third-order valence-electron chi connectivity index (χ3n) is 5.17. The van der Waals surface area contributed by atoms with Crippen LogP contribution in [-0.4, -0.2) is 43.7 Å². The Morgan fingerprint density at radius 2 is 2.13 bits per heavy atom. The predicted octanol–water partition coefficient (Wildman–Crippen LogP) is 0.191. The van der Waals surface area contributed by atoms with Gasteiger partial charge in [-0.1, -0.05) is 6.58 Å². The highest BCUT2D eigenvalue weighted by Crippen LogP contribution is 2.12. The van der Waals surface area contributed by atoms with E-state index in [1.54, 1.807) is 30.1 Å². The molecule has 0 aliphatic rings. The van der Waals surface area contributed by atoms with Crippen molar-refractivity contribution in [2.24, 2.45) is 12.8 Å². The van der Waals surface area contributed by atoms with Gasteiger partial charge in [0.2, 0.25) is 11.2 Å². The Morgan fingerprint density at radius 1 is 1.35 bits per heavy atom. The lowest BCUT2D eigenvalue weighted by atomic mass is 10.2. The number of aromatic nitrogens is 6. The Balaban J connectivity index is 1.89. The summed E-state index contributed by atoms with van der Waals surface area (Å²) in [6.07, 6.45) is 3.20. The Bertz CT molecular complexity index is 1410.